The minimum absolute atomic E-state index is 0. The van der Waals surface area contributed by atoms with Gasteiger partial charge in [-0.05, 0) is 51.9 Å². The Morgan fingerprint density at radius 3 is 2.70 bits per heavy atom. The highest BCUT2D eigenvalue weighted by Gasteiger charge is 2.13. The summed E-state index contributed by atoms with van der Waals surface area (Å²) in [5.74, 6) is 2.28. The first-order valence-corrected chi connectivity index (χ1v) is 8.82. The van der Waals surface area contributed by atoms with Crippen LogP contribution in [-0.4, -0.2) is 40.8 Å². The zero-order valence-electron chi connectivity index (χ0n) is 16.2. The summed E-state index contributed by atoms with van der Waals surface area (Å²) in [7, 11) is 1.65. The molecule has 2 aromatic heterocycles. The molecule has 0 radical (unpaired) electrons. The predicted molar refractivity (Wildman–Crippen MR) is 111 cm³/mol. The second kappa shape index (κ2) is 9.06. The highest BCUT2D eigenvalue weighted by Crippen LogP contribution is 2.33. The van der Waals surface area contributed by atoms with Crippen LogP contribution < -0.4 is 14.8 Å². The van der Waals surface area contributed by atoms with Gasteiger partial charge in [0.2, 0.25) is 0 Å². The highest BCUT2D eigenvalue weighted by atomic mass is 35.5. The maximum Gasteiger partial charge on any atom is 0.142 e. The average molecular weight is 391 g/mol. The largest absolute Gasteiger partial charge is 0.497 e. The van der Waals surface area contributed by atoms with Crippen LogP contribution in [-0.2, 0) is 0 Å². The van der Waals surface area contributed by atoms with Crippen LogP contribution in [0.3, 0.4) is 0 Å². The molecule has 0 fully saturated rings. The zero-order valence-corrected chi connectivity index (χ0v) is 17.0. The van der Waals surface area contributed by atoms with Gasteiger partial charge in [-0.2, -0.15) is 0 Å². The number of ether oxygens (including phenoxy) is 2. The predicted octanol–water partition coefficient (Wildman–Crippen LogP) is 4.21. The molecule has 0 bridgehead atoms. The van der Waals surface area contributed by atoms with E-state index in [2.05, 4.69) is 41.0 Å². The Bertz CT molecular complexity index is 841. The molecule has 27 heavy (non-hydrogen) atoms. The fourth-order valence-corrected chi connectivity index (χ4v) is 2.65. The summed E-state index contributed by atoms with van der Waals surface area (Å²) < 4.78 is 11.4. The molecule has 7 heteroatoms. The number of nitrogens with zero attached hydrogens (tertiary/aromatic N) is 2. The van der Waals surface area contributed by atoms with Gasteiger partial charge in [0, 0.05) is 17.8 Å². The summed E-state index contributed by atoms with van der Waals surface area (Å²) in [6, 6.07) is 7.66. The van der Waals surface area contributed by atoms with Crippen molar-refractivity contribution in [2.45, 2.75) is 32.7 Å². The second-order valence-corrected chi connectivity index (χ2v) is 7.22. The van der Waals surface area contributed by atoms with Gasteiger partial charge in [-0.1, -0.05) is 0 Å². The van der Waals surface area contributed by atoms with Crippen molar-refractivity contribution in [3.05, 3.63) is 36.7 Å². The summed E-state index contributed by atoms with van der Waals surface area (Å²) in [6.45, 7) is 7.99. The monoisotopic (exact) mass is 390 g/mol. The van der Waals surface area contributed by atoms with Gasteiger partial charge >= 0.3 is 0 Å². The van der Waals surface area contributed by atoms with E-state index in [4.69, 9.17) is 9.47 Å². The van der Waals surface area contributed by atoms with Gasteiger partial charge < -0.3 is 19.8 Å². The van der Waals surface area contributed by atoms with Crippen LogP contribution in [0.4, 0.5) is 0 Å². The van der Waals surface area contributed by atoms with Gasteiger partial charge in [0.15, 0.2) is 0 Å². The fourth-order valence-electron chi connectivity index (χ4n) is 2.65. The number of aromatic nitrogens is 3. The molecule has 0 unspecified atom stereocenters. The normalized spacial score (nSPS) is 11.3. The van der Waals surface area contributed by atoms with E-state index in [-0.39, 0.29) is 17.9 Å². The number of nitrogens with one attached hydrogen (secondary N) is 2. The number of fused-ring (bicyclic) bond motifs is 1. The molecule has 146 valence electrons. The molecular weight excluding hydrogens is 364 g/mol. The maximum absolute atomic E-state index is 6.05. The number of rotatable bonds is 7. The summed E-state index contributed by atoms with van der Waals surface area (Å²) in [5.41, 5.74) is 2.80. The second-order valence-electron chi connectivity index (χ2n) is 7.22. The minimum Gasteiger partial charge on any atom is -0.497 e. The van der Waals surface area contributed by atoms with E-state index >= 15 is 0 Å². The van der Waals surface area contributed by atoms with Crippen molar-refractivity contribution in [1.29, 1.82) is 0 Å². The quantitative estimate of drug-likeness (QED) is 0.591. The Morgan fingerprint density at radius 1 is 1.19 bits per heavy atom. The van der Waals surface area contributed by atoms with Gasteiger partial charge in [0.25, 0.3) is 0 Å². The van der Waals surface area contributed by atoms with Crippen molar-refractivity contribution in [3.63, 3.8) is 0 Å². The van der Waals surface area contributed by atoms with Crippen molar-refractivity contribution >= 4 is 23.4 Å². The fraction of sp³-hybridized carbons (Fsp3) is 0.400. The molecule has 2 N–H and O–H groups in total. The Labute approximate surface area is 166 Å². The van der Waals surface area contributed by atoms with Gasteiger partial charge in [-0.3, -0.25) is 4.98 Å². The molecule has 1 aromatic carbocycles. The van der Waals surface area contributed by atoms with Crippen molar-refractivity contribution in [3.8, 4) is 22.9 Å². The van der Waals surface area contributed by atoms with Crippen LogP contribution in [0.5, 0.6) is 11.5 Å². The lowest BCUT2D eigenvalue weighted by Gasteiger charge is -2.20. The summed E-state index contributed by atoms with van der Waals surface area (Å²) in [4.78, 5) is 12.1. The van der Waals surface area contributed by atoms with Gasteiger partial charge in [-0.15, -0.1) is 12.4 Å². The van der Waals surface area contributed by atoms with Crippen molar-refractivity contribution < 1.29 is 9.47 Å². The van der Waals surface area contributed by atoms with E-state index in [1.807, 2.05) is 24.3 Å². The third kappa shape index (κ3) is 5.58. The number of hydrogen-bond donors (Lipinski definition) is 2. The number of benzene rings is 1. The lowest BCUT2D eigenvalue weighted by molar-refractivity contribution is 0.297. The molecule has 0 aliphatic heterocycles. The zero-order chi connectivity index (χ0) is 18.6. The smallest absolute Gasteiger partial charge is 0.142 e. The number of pyridine rings is 1. The first-order valence-electron chi connectivity index (χ1n) is 8.82. The molecule has 0 aliphatic carbocycles. The molecule has 0 saturated heterocycles. The van der Waals surface area contributed by atoms with Crippen LogP contribution in [0.2, 0.25) is 0 Å². The van der Waals surface area contributed by atoms with Gasteiger partial charge in [0.05, 0.1) is 36.5 Å². The Hall–Kier alpha value is -2.31. The number of hydrogen-bond acceptors (Lipinski definition) is 5. The molecular formula is C20H27ClN4O2. The molecule has 2 heterocycles. The molecule has 0 amide bonds. The molecule has 3 rings (SSSR count). The van der Waals surface area contributed by atoms with E-state index in [9.17, 15) is 0 Å². The lowest BCUT2D eigenvalue weighted by Crippen LogP contribution is -2.36. The first-order chi connectivity index (χ1) is 12.5. The Morgan fingerprint density at radius 2 is 2.00 bits per heavy atom. The molecule has 3 aromatic rings. The number of methoxy groups -OCH3 is 1. The number of halogens is 1. The molecule has 0 spiro atoms. The average Bonchev–Trinajstić information content (AvgIpc) is 3.04. The summed E-state index contributed by atoms with van der Waals surface area (Å²) in [5, 5.41) is 3.46. The first kappa shape index (κ1) is 21.0. The van der Waals surface area contributed by atoms with Gasteiger partial charge in [-0.25, -0.2) is 4.98 Å². The molecule has 0 aliphatic rings. The van der Waals surface area contributed by atoms with Crippen molar-refractivity contribution in [2.75, 3.05) is 20.3 Å². The SMILES string of the molecule is COc1ccc(-c2nc3ccncc3[nH]2)c(OCCCNC(C)(C)C)c1.Cl. The van der Waals surface area contributed by atoms with Gasteiger partial charge in [0.1, 0.15) is 17.3 Å². The van der Waals surface area contributed by atoms with Crippen LogP contribution >= 0.6 is 12.4 Å². The van der Waals surface area contributed by atoms with Crippen LogP contribution in [0, 0.1) is 0 Å². The molecule has 0 atom stereocenters. The third-order valence-electron chi connectivity index (χ3n) is 3.96. The molecule has 6 nitrogen and oxygen atoms in total. The Kier molecular flexibility index (Phi) is 7.05. The summed E-state index contributed by atoms with van der Waals surface area (Å²) in [6.07, 6.45) is 4.42. The Balaban J connectivity index is 0.00000261. The third-order valence-corrected chi connectivity index (χ3v) is 3.96. The standard InChI is InChI=1S/C20H26N4O2.ClH/c1-20(2,3)22-9-5-11-26-18-12-14(25-4)6-7-15(18)19-23-16-8-10-21-13-17(16)24-19;/h6-8,10,12-13,22H,5,9,11H2,1-4H3,(H,23,24);1H. The van der Waals surface area contributed by atoms with Crippen LogP contribution in [0.1, 0.15) is 27.2 Å². The molecule has 0 saturated carbocycles. The van der Waals surface area contributed by atoms with E-state index in [1.54, 1.807) is 19.5 Å². The van der Waals surface area contributed by atoms with E-state index in [0.717, 1.165) is 46.9 Å². The number of imidazole rings is 1. The number of aromatic amines is 1. The number of H-pyrrole nitrogens is 1. The van der Waals surface area contributed by atoms with Crippen LogP contribution in [0.15, 0.2) is 36.7 Å². The maximum atomic E-state index is 6.05. The lowest BCUT2D eigenvalue weighted by atomic mass is 10.1. The van der Waals surface area contributed by atoms with Crippen LogP contribution in [0.25, 0.3) is 22.4 Å². The van der Waals surface area contributed by atoms with E-state index < -0.39 is 0 Å². The van der Waals surface area contributed by atoms with Crippen molar-refractivity contribution in [2.24, 2.45) is 0 Å². The van der Waals surface area contributed by atoms with E-state index in [0.29, 0.717) is 6.61 Å². The summed E-state index contributed by atoms with van der Waals surface area (Å²) >= 11 is 0. The van der Waals surface area contributed by atoms with Crippen molar-refractivity contribution in [1.82, 2.24) is 20.3 Å². The topological polar surface area (TPSA) is 72.1 Å². The highest BCUT2D eigenvalue weighted by molar-refractivity contribution is 5.85. The van der Waals surface area contributed by atoms with E-state index in [1.165, 1.54) is 0 Å². The minimum atomic E-state index is 0.